The first-order chi connectivity index (χ1) is 10.8. The van der Waals surface area contributed by atoms with Crippen LogP contribution < -0.4 is 5.73 Å². The number of hydrogen-bond donors (Lipinski definition) is 3. The van der Waals surface area contributed by atoms with Gasteiger partial charge < -0.3 is 25.4 Å². The minimum atomic E-state index is -0.949. The highest BCUT2D eigenvalue weighted by atomic mass is 16.6. The molecule has 0 spiro atoms. The van der Waals surface area contributed by atoms with Crippen LogP contribution in [0, 0.1) is 5.92 Å². The van der Waals surface area contributed by atoms with Gasteiger partial charge in [-0.25, -0.2) is 0 Å². The fourth-order valence-electron chi connectivity index (χ4n) is 2.55. The number of aliphatic hydroxyl groups excluding tert-OH is 2. The van der Waals surface area contributed by atoms with Crippen LogP contribution in [0.25, 0.3) is 0 Å². The first-order valence-corrected chi connectivity index (χ1v) is 8.89. The Morgan fingerprint density at radius 2 is 1.70 bits per heavy atom. The molecule has 4 unspecified atom stereocenters. The number of aliphatic hydroxyl groups is 2. The highest BCUT2D eigenvalue weighted by molar-refractivity contribution is 5.08. The Kier molecular flexibility index (Phi) is 12.6. The molecule has 0 aromatic carbocycles. The maximum absolute atomic E-state index is 10.2. The Morgan fingerprint density at radius 3 is 2.17 bits per heavy atom. The Hall–Kier alpha value is -0.460. The fraction of sp³-hybridized carbons (Fsp3) is 0.889. The predicted octanol–water partition coefficient (Wildman–Crippen LogP) is 2.60. The molecule has 0 aromatic heterocycles. The van der Waals surface area contributed by atoms with Gasteiger partial charge >= 0.3 is 0 Å². The topological polar surface area (TPSA) is 84.9 Å². The van der Waals surface area contributed by atoms with Crippen molar-refractivity contribution in [3.05, 3.63) is 11.6 Å². The monoisotopic (exact) mass is 331 g/mol. The standard InChI is InChI=1S/C18H37NO4/c1-6-16(7-2)23-10-9-15(18(21)22-8-3)12-17(19)13(4)11-14(5)20/h9,13-14,16-18,20-21H,6-8,10-12,19H2,1-5H3. The highest BCUT2D eigenvalue weighted by Crippen LogP contribution is 2.19. The van der Waals surface area contributed by atoms with Gasteiger partial charge in [-0.1, -0.05) is 26.8 Å². The van der Waals surface area contributed by atoms with E-state index in [1.165, 1.54) is 0 Å². The van der Waals surface area contributed by atoms with E-state index < -0.39 is 6.29 Å². The van der Waals surface area contributed by atoms with Crippen LogP contribution in [0.4, 0.5) is 0 Å². The zero-order valence-corrected chi connectivity index (χ0v) is 15.5. The molecule has 23 heavy (non-hydrogen) atoms. The van der Waals surface area contributed by atoms with Crippen LogP contribution in [-0.4, -0.2) is 48.0 Å². The van der Waals surface area contributed by atoms with Crippen molar-refractivity contribution in [1.82, 2.24) is 0 Å². The maximum atomic E-state index is 10.2. The van der Waals surface area contributed by atoms with Crippen LogP contribution in [0.15, 0.2) is 11.6 Å². The molecule has 0 rings (SSSR count). The Bertz CT molecular complexity index is 316. The number of rotatable bonds is 13. The lowest BCUT2D eigenvalue weighted by atomic mass is 9.91. The molecule has 0 bridgehead atoms. The first-order valence-electron chi connectivity index (χ1n) is 8.89. The van der Waals surface area contributed by atoms with Crippen molar-refractivity contribution < 1.29 is 19.7 Å². The zero-order chi connectivity index (χ0) is 17.8. The van der Waals surface area contributed by atoms with Crippen LogP contribution >= 0.6 is 0 Å². The van der Waals surface area contributed by atoms with Gasteiger partial charge in [-0.05, 0) is 51.0 Å². The molecule has 138 valence electrons. The normalized spacial score (nSPS) is 18.0. The second kappa shape index (κ2) is 12.9. The summed E-state index contributed by atoms with van der Waals surface area (Å²) in [5.74, 6) is 0.159. The molecule has 0 aliphatic carbocycles. The zero-order valence-electron chi connectivity index (χ0n) is 15.5. The van der Waals surface area contributed by atoms with Gasteiger partial charge in [0.15, 0.2) is 6.29 Å². The third-order valence-corrected chi connectivity index (χ3v) is 4.15. The van der Waals surface area contributed by atoms with Gasteiger partial charge in [0.25, 0.3) is 0 Å². The molecule has 0 radical (unpaired) electrons. The summed E-state index contributed by atoms with van der Waals surface area (Å²) in [6, 6.07) is -0.140. The maximum Gasteiger partial charge on any atom is 0.177 e. The van der Waals surface area contributed by atoms with E-state index in [-0.39, 0.29) is 24.2 Å². The van der Waals surface area contributed by atoms with E-state index in [1.54, 1.807) is 6.92 Å². The Labute approximate surface area is 141 Å². The van der Waals surface area contributed by atoms with E-state index in [1.807, 2.05) is 19.9 Å². The van der Waals surface area contributed by atoms with Crippen molar-refractivity contribution in [1.29, 1.82) is 0 Å². The van der Waals surface area contributed by atoms with Crippen molar-refractivity contribution in [2.24, 2.45) is 11.7 Å². The van der Waals surface area contributed by atoms with Crippen molar-refractivity contribution in [3.63, 3.8) is 0 Å². The van der Waals surface area contributed by atoms with Crippen LogP contribution in [0.2, 0.25) is 0 Å². The SMILES string of the molecule is CCOC(O)C(=CCOC(CC)CC)CC(N)C(C)CC(C)O. The minimum Gasteiger partial charge on any atom is -0.393 e. The summed E-state index contributed by atoms with van der Waals surface area (Å²) < 4.78 is 11.1. The smallest absolute Gasteiger partial charge is 0.177 e. The molecule has 0 saturated heterocycles. The molecule has 5 nitrogen and oxygen atoms in total. The van der Waals surface area contributed by atoms with Gasteiger partial charge in [-0.3, -0.25) is 0 Å². The average molecular weight is 331 g/mol. The van der Waals surface area contributed by atoms with E-state index in [0.29, 0.717) is 26.1 Å². The van der Waals surface area contributed by atoms with Gasteiger partial charge in [0.2, 0.25) is 0 Å². The van der Waals surface area contributed by atoms with Gasteiger partial charge in [0.05, 0.1) is 18.8 Å². The van der Waals surface area contributed by atoms with Crippen molar-refractivity contribution in [2.45, 2.75) is 84.8 Å². The number of hydrogen-bond acceptors (Lipinski definition) is 5. The number of nitrogens with two attached hydrogens (primary N) is 1. The molecule has 0 fully saturated rings. The third-order valence-electron chi connectivity index (χ3n) is 4.15. The van der Waals surface area contributed by atoms with Crippen molar-refractivity contribution >= 4 is 0 Å². The number of ether oxygens (including phenoxy) is 2. The second-order valence-electron chi connectivity index (χ2n) is 6.29. The van der Waals surface area contributed by atoms with Gasteiger partial charge in [-0.15, -0.1) is 0 Å². The first kappa shape index (κ1) is 22.5. The van der Waals surface area contributed by atoms with Gasteiger partial charge in [-0.2, -0.15) is 0 Å². The molecule has 0 aromatic rings. The lowest BCUT2D eigenvalue weighted by Gasteiger charge is -2.24. The van der Waals surface area contributed by atoms with Crippen LogP contribution in [0.3, 0.4) is 0 Å². The van der Waals surface area contributed by atoms with Gasteiger partial charge in [0, 0.05) is 12.6 Å². The quantitative estimate of drug-likeness (QED) is 0.357. The highest BCUT2D eigenvalue weighted by Gasteiger charge is 2.20. The van der Waals surface area contributed by atoms with E-state index in [0.717, 1.165) is 18.4 Å². The Morgan fingerprint density at radius 1 is 1.09 bits per heavy atom. The van der Waals surface area contributed by atoms with Gasteiger partial charge in [0.1, 0.15) is 0 Å². The van der Waals surface area contributed by atoms with Crippen LogP contribution in [0.5, 0.6) is 0 Å². The summed E-state index contributed by atoms with van der Waals surface area (Å²) in [5, 5.41) is 19.6. The summed E-state index contributed by atoms with van der Waals surface area (Å²) in [6.07, 6.45) is 3.91. The summed E-state index contributed by atoms with van der Waals surface area (Å²) in [4.78, 5) is 0. The van der Waals surface area contributed by atoms with Crippen LogP contribution in [-0.2, 0) is 9.47 Å². The molecular weight excluding hydrogens is 294 g/mol. The molecule has 5 heteroatoms. The molecular formula is C18H37NO4. The average Bonchev–Trinajstić information content (AvgIpc) is 2.49. The largest absolute Gasteiger partial charge is 0.393 e. The second-order valence-corrected chi connectivity index (χ2v) is 6.29. The Balaban J connectivity index is 4.73. The van der Waals surface area contributed by atoms with E-state index in [9.17, 15) is 10.2 Å². The minimum absolute atomic E-state index is 0.140. The molecule has 0 saturated carbocycles. The third kappa shape index (κ3) is 10.1. The van der Waals surface area contributed by atoms with E-state index >= 15 is 0 Å². The van der Waals surface area contributed by atoms with E-state index in [2.05, 4.69) is 13.8 Å². The molecule has 4 N–H and O–H groups in total. The molecule has 0 aliphatic rings. The predicted molar refractivity (Wildman–Crippen MR) is 94.1 cm³/mol. The van der Waals surface area contributed by atoms with Crippen LogP contribution in [0.1, 0.15) is 60.3 Å². The van der Waals surface area contributed by atoms with E-state index in [4.69, 9.17) is 15.2 Å². The molecule has 0 heterocycles. The fourth-order valence-corrected chi connectivity index (χ4v) is 2.55. The molecule has 0 amide bonds. The summed E-state index contributed by atoms with van der Waals surface area (Å²) in [7, 11) is 0. The van der Waals surface area contributed by atoms with Crippen molar-refractivity contribution in [2.75, 3.05) is 13.2 Å². The molecule has 4 atom stereocenters. The summed E-state index contributed by atoms with van der Waals surface area (Å²) in [6.45, 7) is 10.7. The lowest BCUT2D eigenvalue weighted by molar-refractivity contribution is -0.0704. The van der Waals surface area contributed by atoms with Crippen molar-refractivity contribution in [3.8, 4) is 0 Å². The summed E-state index contributed by atoms with van der Waals surface area (Å²) in [5.41, 5.74) is 6.98. The lowest BCUT2D eigenvalue weighted by Crippen LogP contribution is -2.33. The summed E-state index contributed by atoms with van der Waals surface area (Å²) >= 11 is 0. The molecule has 0 aliphatic heterocycles.